The number of nitrogens with two attached hydrogens (primary N) is 2. The van der Waals surface area contributed by atoms with Gasteiger partial charge in [0.15, 0.2) is 0 Å². The number of alkyl halides is 3. The van der Waals surface area contributed by atoms with Crippen LogP contribution in [0.25, 0.3) is 22.2 Å². The van der Waals surface area contributed by atoms with Gasteiger partial charge in [-0.15, -0.1) is 0 Å². The fourth-order valence-electron chi connectivity index (χ4n) is 4.33. The first-order valence-corrected chi connectivity index (χ1v) is 12.4. The molecule has 210 valence electrons. The summed E-state index contributed by atoms with van der Waals surface area (Å²) in [7, 11) is 0. The van der Waals surface area contributed by atoms with Gasteiger partial charge in [-0.3, -0.25) is 4.79 Å². The summed E-state index contributed by atoms with van der Waals surface area (Å²) in [5.41, 5.74) is 13.8. The van der Waals surface area contributed by atoms with E-state index in [1.54, 1.807) is 0 Å². The molecule has 0 aliphatic rings. The predicted octanol–water partition coefficient (Wildman–Crippen LogP) is 5.06. The number of pyridine rings is 1. The van der Waals surface area contributed by atoms with E-state index >= 15 is 0 Å². The van der Waals surface area contributed by atoms with Crippen LogP contribution in [0.4, 0.5) is 34.9 Å². The molecule has 13 heteroatoms. The van der Waals surface area contributed by atoms with Crippen LogP contribution >= 0.6 is 0 Å². The van der Waals surface area contributed by atoms with E-state index in [-0.39, 0.29) is 23.6 Å². The first-order chi connectivity index (χ1) is 19.6. The Balaban J connectivity index is 1.38. The first-order valence-electron chi connectivity index (χ1n) is 12.4. The molecule has 5 rings (SSSR count). The SMILES string of the molecule is NCCn1cc(-c2ccc(CNc3ncc(C(F)(F)F)cc3C(=O)Nc3ccc(F)cc3)cc2)c2c(N)ncnc21. The van der Waals surface area contributed by atoms with E-state index in [9.17, 15) is 22.4 Å². The lowest BCUT2D eigenvalue weighted by atomic mass is 10.0. The third-order valence-corrected chi connectivity index (χ3v) is 6.34. The minimum absolute atomic E-state index is 0.0449. The number of carbonyl (C=O) groups is 1. The second-order valence-corrected chi connectivity index (χ2v) is 9.11. The average molecular weight is 565 g/mol. The summed E-state index contributed by atoms with van der Waals surface area (Å²) < 4.78 is 55.3. The van der Waals surface area contributed by atoms with Crippen molar-refractivity contribution < 1.29 is 22.4 Å². The highest BCUT2D eigenvalue weighted by molar-refractivity contribution is 6.07. The molecule has 0 bridgehead atoms. The highest BCUT2D eigenvalue weighted by Crippen LogP contribution is 2.33. The van der Waals surface area contributed by atoms with Crippen LogP contribution in [0.15, 0.2) is 73.3 Å². The summed E-state index contributed by atoms with van der Waals surface area (Å²) in [6.45, 7) is 1.13. The van der Waals surface area contributed by atoms with E-state index in [2.05, 4.69) is 25.6 Å². The molecule has 0 unspecified atom stereocenters. The molecule has 5 aromatic rings. The van der Waals surface area contributed by atoms with Gasteiger partial charge in [-0.2, -0.15) is 13.2 Å². The van der Waals surface area contributed by atoms with Gasteiger partial charge in [-0.1, -0.05) is 24.3 Å². The Hall–Kier alpha value is -5.04. The quantitative estimate of drug-likeness (QED) is 0.194. The Labute approximate surface area is 231 Å². The Kier molecular flexibility index (Phi) is 7.53. The fourth-order valence-corrected chi connectivity index (χ4v) is 4.33. The number of aromatic nitrogens is 4. The number of hydrogen-bond donors (Lipinski definition) is 4. The first kappa shape index (κ1) is 27.5. The number of rotatable bonds is 8. The van der Waals surface area contributed by atoms with E-state index in [0.717, 1.165) is 34.9 Å². The molecule has 0 radical (unpaired) electrons. The van der Waals surface area contributed by atoms with Gasteiger partial charge >= 0.3 is 6.18 Å². The average Bonchev–Trinajstić information content (AvgIpc) is 3.32. The van der Waals surface area contributed by atoms with E-state index in [1.165, 1.54) is 18.5 Å². The number of nitrogen functional groups attached to an aromatic ring is 1. The van der Waals surface area contributed by atoms with Crippen molar-refractivity contribution in [1.29, 1.82) is 0 Å². The monoisotopic (exact) mass is 564 g/mol. The molecule has 0 aliphatic heterocycles. The minimum Gasteiger partial charge on any atom is -0.383 e. The number of nitrogens with one attached hydrogen (secondary N) is 2. The summed E-state index contributed by atoms with van der Waals surface area (Å²) in [5.74, 6) is -1.06. The molecular formula is C28H24F4N8O. The zero-order valence-electron chi connectivity index (χ0n) is 21.4. The summed E-state index contributed by atoms with van der Waals surface area (Å²) in [5, 5.41) is 6.13. The Morgan fingerprint density at radius 1 is 1.00 bits per heavy atom. The summed E-state index contributed by atoms with van der Waals surface area (Å²) >= 11 is 0. The Morgan fingerprint density at radius 2 is 1.73 bits per heavy atom. The Morgan fingerprint density at radius 3 is 2.41 bits per heavy atom. The number of carbonyl (C=O) groups excluding carboxylic acids is 1. The van der Waals surface area contributed by atoms with Crippen LogP contribution in [0, 0.1) is 5.82 Å². The zero-order chi connectivity index (χ0) is 29.1. The van der Waals surface area contributed by atoms with Crippen LogP contribution in [0.2, 0.25) is 0 Å². The molecule has 3 heterocycles. The van der Waals surface area contributed by atoms with E-state index in [1.807, 2.05) is 35.0 Å². The molecule has 3 aromatic heterocycles. The van der Waals surface area contributed by atoms with Crippen LogP contribution in [-0.2, 0) is 19.3 Å². The molecule has 0 spiro atoms. The van der Waals surface area contributed by atoms with Gasteiger partial charge in [-0.25, -0.2) is 19.3 Å². The minimum atomic E-state index is -4.70. The van der Waals surface area contributed by atoms with Crippen molar-refractivity contribution in [2.75, 3.05) is 22.9 Å². The molecule has 0 atom stereocenters. The maximum atomic E-state index is 13.4. The molecule has 0 aliphatic carbocycles. The van der Waals surface area contributed by atoms with Crippen LogP contribution in [0.1, 0.15) is 21.5 Å². The summed E-state index contributed by atoms with van der Waals surface area (Å²) in [6, 6.07) is 13.0. The third-order valence-electron chi connectivity index (χ3n) is 6.34. The van der Waals surface area contributed by atoms with Crippen LogP contribution in [0.3, 0.4) is 0 Å². The van der Waals surface area contributed by atoms with Crippen LogP contribution in [-0.4, -0.2) is 32.0 Å². The van der Waals surface area contributed by atoms with Crippen LogP contribution < -0.4 is 22.1 Å². The van der Waals surface area contributed by atoms with Gasteiger partial charge in [0.05, 0.1) is 16.5 Å². The largest absolute Gasteiger partial charge is 0.417 e. The fraction of sp³-hybridized carbons (Fsp3) is 0.143. The zero-order valence-corrected chi connectivity index (χ0v) is 21.4. The lowest BCUT2D eigenvalue weighted by Crippen LogP contribution is -2.18. The molecule has 0 saturated heterocycles. The van der Waals surface area contributed by atoms with Crippen LogP contribution in [0.5, 0.6) is 0 Å². The van der Waals surface area contributed by atoms with Crippen molar-refractivity contribution in [3.8, 4) is 11.1 Å². The summed E-state index contributed by atoms with van der Waals surface area (Å²) in [6.07, 6.45) is -0.738. The molecule has 41 heavy (non-hydrogen) atoms. The van der Waals surface area contributed by atoms with Crippen molar-refractivity contribution >= 4 is 34.3 Å². The number of anilines is 3. The van der Waals surface area contributed by atoms with Crippen molar-refractivity contribution in [2.24, 2.45) is 5.73 Å². The predicted molar refractivity (Wildman–Crippen MR) is 147 cm³/mol. The Bertz CT molecular complexity index is 1700. The number of halogens is 4. The maximum absolute atomic E-state index is 13.4. The number of fused-ring (bicyclic) bond motifs is 1. The number of hydrogen-bond acceptors (Lipinski definition) is 7. The van der Waals surface area contributed by atoms with Crippen molar-refractivity contribution in [3.05, 3.63) is 95.8 Å². The van der Waals surface area contributed by atoms with Crippen molar-refractivity contribution in [1.82, 2.24) is 19.5 Å². The van der Waals surface area contributed by atoms with Crippen molar-refractivity contribution in [2.45, 2.75) is 19.3 Å². The normalized spacial score (nSPS) is 11.5. The van der Waals surface area contributed by atoms with Gasteiger partial charge in [0.2, 0.25) is 0 Å². The molecule has 0 saturated carbocycles. The lowest BCUT2D eigenvalue weighted by molar-refractivity contribution is -0.137. The molecule has 0 fully saturated rings. The maximum Gasteiger partial charge on any atom is 0.417 e. The highest BCUT2D eigenvalue weighted by Gasteiger charge is 2.32. The molecule has 9 nitrogen and oxygen atoms in total. The van der Waals surface area contributed by atoms with Gasteiger partial charge in [0.25, 0.3) is 5.91 Å². The molecule has 2 aromatic carbocycles. The molecular weight excluding hydrogens is 540 g/mol. The van der Waals surface area contributed by atoms with E-state index in [0.29, 0.717) is 36.1 Å². The number of nitrogens with zero attached hydrogens (tertiary/aromatic N) is 4. The van der Waals surface area contributed by atoms with Gasteiger partial charge in [0.1, 0.15) is 29.4 Å². The second-order valence-electron chi connectivity index (χ2n) is 9.11. The van der Waals surface area contributed by atoms with E-state index < -0.39 is 23.5 Å². The highest BCUT2D eigenvalue weighted by atomic mass is 19.4. The topological polar surface area (TPSA) is 137 Å². The van der Waals surface area contributed by atoms with Gasteiger partial charge < -0.3 is 26.7 Å². The third kappa shape index (κ3) is 5.94. The second kappa shape index (κ2) is 11.2. The molecule has 6 N–H and O–H groups in total. The van der Waals surface area contributed by atoms with E-state index in [4.69, 9.17) is 11.5 Å². The lowest BCUT2D eigenvalue weighted by Gasteiger charge is -2.14. The van der Waals surface area contributed by atoms with Crippen molar-refractivity contribution in [3.63, 3.8) is 0 Å². The number of amides is 1. The smallest absolute Gasteiger partial charge is 0.383 e. The number of benzene rings is 2. The van der Waals surface area contributed by atoms with Gasteiger partial charge in [0, 0.05) is 43.3 Å². The van der Waals surface area contributed by atoms with Gasteiger partial charge in [-0.05, 0) is 41.5 Å². The molecule has 1 amide bonds. The standard InChI is InChI=1S/C28H24F4N8O/c29-19-5-7-20(8-6-19)39-27(41)21-11-18(28(30,31)32)13-36-25(21)35-12-16-1-3-17(4-2-16)22-14-40(10-9-33)26-23(22)24(34)37-15-38-26/h1-8,11,13-15H,9-10,12,33H2,(H,35,36)(H,39,41)(H2,34,37,38). The summed E-state index contributed by atoms with van der Waals surface area (Å²) in [4.78, 5) is 25.2.